The van der Waals surface area contributed by atoms with Crippen LogP contribution in [0.15, 0.2) is 46.9 Å². The molecule has 0 bridgehead atoms. The van der Waals surface area contributed by atoms with Crippen molar-refractivity contribution < 1.29 is 23.8 Å². The van der Waals surface area contributed by atoms with E-state index in [0.717, 1.165) is 15.6 Å². The van der Waals surface area contributed by atoms with Gasteiger partial charge in [0.2, 0.25) is 5.91 Å². The average molecular weight is 479 g/mol. The van der Waals surface area contributed by atoms with Crippen LogP contribution >= 0.6 is 15.9 Å². The Morgan fingerprint density at radius 1 is 1.00 bits per heavy atom. The van der Waals surface area contributed by atoms with Crippen molar-refractivity contribution in [3.63, 3.8) is 0 Å². The lowest BCUT2D eigenvalue weighted by Crippen LogP contribution is -2.40. The van der Waals surface area contributed by atoms with Gasteiger partial charge in [-0.1, -0.05) is 28.1 Å². The van der Waals surface area contributed by atoms with Gasteiger partial charge in [-0.05, 0) is 42.3 Å². The van der Waals surface area contributed by atoms with Gasteiger partial charge in [-0.25, -0.2) is 0 Å². The summed E-state index contributed by atoms with van der Waals surface area (Å²) in [4.78, 5) is 26.2. The summed E-state index contributed by atoms with van der Waals surface area (Å²) in [5.41, 5.74) is 1.84. The molecule has 7 nitrogen and oxygen atoms in total. The number of rotatable bonds is 10. The van der Waals surface area contributed by atoms with Gasteiger partial charge in [0.15, 0.2) is 0 Å². The molecule has 1 atom stereocenters. The van der Waals surface area contributed by atoms with E-state index in [1.807, 2.05) is 43.3 Å². The van der Waals surface area contributed by atoms with Crippen molar-refractivity contribution in [2.45, 2.75) is 19.5 Å². The maximum absolute atomic E-state index is 12.6. The third-order valence-electron chi connectivity index (χ3n) is 4.51. The predicted molar refractivity (Wildman–Crippen MR) is 118 cm³/mol. The first kappa shape index (κ1) is 23.7. The van der Waals surface area contributed by atoms with E-state index >= 15 is 0 Å². The molecule has 0 fully saturated rings. The van der Waals surface area contributed by atoms with Crippen molar-refractivity contribution in [3.8, 4) is 11.5 Å². The number of carbonyl (C=O) groups excluding carboxylic acids is 2. The highest BCUT2D eigenvalue weighted by Gasteiger charge is 2.18. The molecular formula is C22H27BrN2O5. The molecule has 162 valence electrons. The average Bonchev–Trinajstić information content (AvgIpc) is 2.73. The number of carbonyl (C=O) groups is 2. The fourth-order valence-electron chi connectivity index (χ4n) is 2.96. The highest BCUT2D eigenvalue weighted by molar-refractivity contribution is 9.10. The fourth-order valence-corrected chi connectivity index (χ4v) is 3.22. The first-order valence-corrected chi connectivity index (χ1v) is 10.2. The first-order valence-electron chi connectivity index (χ1n) is 9.40. The second-order valence-corrected chi connectivity index (χ2v) is 7.70. The SMILES string of the molecule is COC(=O)CN(CC(=O)NC(C)c1ccc(Br)cc1)Cc1cc(OC)cc(OC)c1. The van der Waals surface area contributed by atoms with Gasteiger partial charge in [-0.3, -0.25) is 14.5 Å². The maximum Gasteiger partial charge on any atom is 0.319 e. The van der Waals surface area contributed by atoms with Gasteiger partial charge in [0.05, 0.1) is 40.5 Å². The second kappa shape index (κ2) is 11.6. The van der Waals surface area contributed by atoms with Crippen LogP contribution in [0.2, 0.25) is 0 Å². The zero-order chi connectivity index (χ0) is 22.1. The Bertz CT molecular complexity index is 835. The van der Waals surface area contributed by atoms with Gasteiger partial charge in [-0.15, -0.1) is 0 Å². The van der Waals surface area contributed by atoms with Crippen LogP contribution < -0.4 is 14.8 Å². The summed E-state index contributed by atoms with van der Waals surface area (Å²) in [6, 6.07) is 13.0. The molecule has 0 spiro atoms. The Labute approximate surface area is 185 Å². The maximum atomic E-state index is 12.6. The lowest BCUT2D eigenvalue weighted by Gasteiger charge is -2.23. The predicted octanol–water partition coefficient (Wildman–Crippen LogP) is 3.32. The van der Waals surface area contributed by atoms with Crippen molar-refractivity contribution in [1.82, 2.24) is 10.2 Å². The Balaban J connectivity index is 2.09. The van der Waals surface area contributed by atoms with E-state index in [1.165, 1.54) is 7.11 Å². The number of benzene rings is 2. The molecule has 0 saturated heterocycles. The van der Waals surface area contributed by atoms with E-state index in [9.17, 15) is 9.59 Å². The van der Waals surface area contributed by atoms with Crippen LogP contribution in [0, 0.1) is 0 Å². The number of nitrogens with one attached hydrogen (secondary N) is 1. The molecule has 0 aliphatic rings. The third kappa shape index (κ3) is 7.35. The molecule has 1 unspecified atom stereocenters. The molecule has 1 N–H and O–H groups in total. The van der Waals surface area contributed by atoms with Crippen LogP contribution in [-0.2, 0) is 20.9 Å². The fraction of sp³-hybridized carbons (Fsp3) is 0.364. The summed E-state index contributed by atoms with van der Waals surface area (Å²) in [6.45, 7) is 2.28. The largest absolute Gasteiger partial charge is 0.497 e. The summed E-state index contributed by atoms with van der Waals surface area (Å²) in [6.07, 6.45) is 0. The number of halogens is 1. The summed E-state index contributed by atoms with van der Waals surface area (Å²) < 4.78 is 16.4. The second-order valence-electron chi connectivity index (χ2n) is 6.78. The minimum Gasteiger partial charge on any atom is -0.497 e. The molecule has 8 heteroatoms. The molecule has 0 heterocycles. The third-order valence-corrected chi connectivity index (χ3v) is 5.04. The van der Waals surface area contributed by atoms with Crippen LogP contribution in [0.1, 0.15) is 24.1 Å². The number of ether oxygens (including phenoxy) is 3. The summed E-state index contributed by atoms with van der Waals surface area (Å²) >= 11 is 3.40. The standard InChI is InChI=1S/C22H27BrN2O5/c1-15(17-5-7-18(23)8-6-17)24-21(26)13-25(14-22(27)30-4)12-16-9-19(28-2)11-20(10-16)29-3/h5-11,15H,12-14H2,1-4H3,(H,24,26). The highest BCUT2D eigenvalue weighted by atomic mass is 79.9. The number of methoxy groups -OCH3 is 3. The van der Waals surface area contributed by atoms with Crippen LogP contribution in [0.5, 0.6) is 11.5 Å². The smallest absolute Gasteiger partial charge is 0.319 e. The molecule has 30 heavy (non-hydrogen) atoms. The Morgan fingerprint density at radius 3 is 2.13 bits per heavy atom. The Kier molecular flexibility index (Phi) is 9.14. The zero-order valence-electron chi connectivity index (χ0n) is 17.6. The molecule has 0 saturated carbocycles. The van der Waals surface area contributed by atoms with Crippen LogP contribution in [0.25, 0.3) is 0 Å². The first-order chi connectivity index (χ1) is 14.3. The molecule has 1 amide bonds. The Morgan fingerprint density at radius 2 is 1.60 bits per heavy atom. The van der Waals surface area contributed by atoms with Crippen LogP contribution in [0.4, 0.5) is 0 Å². The van der Waals surface area contributed by atoms with Crippen LogP contribution in [0.3, 0.4) is 0 Å². The summed E-state index contributed by atoms with van der Waals surface area (Å²) in [5.74, 6) is 0.661. The van der Waals surface area contributed by atoms with Gasteiger partial charge in [0.25, 0.3) is 0 Å². The molecule has 0 aliphatic heterocycles. The molecule has 0 radical (unpaired) electrons. The normalized spacial score (nSPS) is 11.7. The van der Waals surface area contributed by atoms with E-state index in [1.54, 1.807) is 25.2 Å². The molecule has 2 rings (SSSR count). The van der Waals surface area contributed by atoms with Crippen molar-refractivity contribution in [1.29, 1.82) is 0 Å². The summed E-state index contributed by atoms with van der Waals surface area (Å²) in [7, 11) is 4.47. The summed E-state index contributed by atoms with van der Waals surface area (Å²) in [5, 5.41) is 2.97. The van der Waals surface area contributed by atoms with Crippen molar-refractivity contribution >= 4 is 27.8 Å². The van der Waals surface area contributed by atoms with Crippen molar-refractivity contribution in [3.05, 3.63) is 58.1 Å². The molecule has 0 aromatic heterocycles. The number of hydrogen-bond donors (Lipinski definition) is 1. The lowest BCUT2D eigenvalue weighted by molar-refractivity contribution is -0.142. The minimum absolute atomic E-state index is 0.0177. The van der Waals surface area contributed by atoms with Gasteiger partial charge < -0.3 is 19.5 Å². The van der Waals surface area contributed by atoms with E-state index in [0.29, 0.717) is 18.0 Å². The molecule has 2 aromatic carbocycles. The topological polar surface area (TPSA) is 77.1 Å². The number of esters is 1. The number of nitrogens with zero attached hydrogens (tertiary/aromatic N) is 1. The van der Waals surface area contributed by atoms with Crippen molar-refractivity contribution in [2.24, 2.45) is 0 Å². The highest BCUT2D eigenvalue weighted by Crippen LogP contribution is 2.23. The van der Waals surface area contributed by atoms with Gasteiger partial charge in [-0.2, -0.15) is 0 Å². The molecule has 0 aliphatic carbocycles. The lowest BCUT2D eigenvalue weighted by atomic mass is 10.1. The zero-order valence-corrected chi connectivity index (χ0v) is 19.2. The Hall–Kier alpha value is -2.58. The van der Waals surface area contributed by atoms with E-state index < -0.39 is 5.97 Å². The quantitative estimate of drug-likeness (QED) is 0.527. The van der Waals surface area contributed by atoms with Gasteiger partial charge in [0, 0.05) is 17.1 Å². The number of amides is 1. The van der Waals surface area contributed by atoms with E-state index in [2.05, 4.69) is 21.2 Å². The molecule has 2 aromatic rings. The molecular weight excluding hydrogens is 452 g/mol. The monoisotopic (exact) mass is 478 g/mol. The minimum atomic E-state index is -0.418. The van der Waals surface area contributed by atoms with Gasteiger partial charge >= 0.3 is 5.97 Å². The van der Waals surface area contributed by atoms with Gasteiger partial charge in [0.1, 0.15) is 11.5 Å². The number of hydrogen-bond acceptors (Lipinski definition) is 6. The van der Waals surface area contributed by atoms with Crippen molar-refractivity contribution in [2.75, 3.05) is 34.4 Å². The van der Waals surface area contributed by atoms with Crippen LogP contribution in [-0.4, -0.2) is 51.2 Å². The van der Waals surface area contributed by atoms with E-state index in [-0.39, 0.29) is 25.0 Å². The van der Waals surface area contributed by atoms with E-state index in [4.69, 9.17) is 14.2 Å².